The topological polar surface area (TPSA) is 84.1 Å². The second-order valence-electron chi connectivity index (χ2n) is 5.62. The number of aryl methyl sites for hydroxylation is 1. The Bertz CT molecular complexity index is 743. The van der Waals surface area contributed by atoms with Gasteiger partial charge in [-0.25, -0.2) is 4.79 Å². The van der Waals surface area contributed by atoms with Gasteiger partial charge < -0.3 is 14.6 Å². The molecule has 0 atom stereocenters. The van der Waals surface area contributed by atoms with Crippen LogP contribution in [0, 0.1) is 25.2 Å². The molecular formula is C17H20F3N3O3. The number of carbonyl (C=O) groups is 2. The van der Waals surface area contributed by atoms with Crippen molar-refractivity contribution in [3.8, 4) is 6.07 Å². The lowest BCUT2D eigenvalue weighted by Crippen LogP contribution is -2.36. The average molecular weight is 371 g/mol. The van der Waals surface area contributed by atoms with Crippen molar-refractivity contribution in [1.82, 2.24) is 9.88 Å². The third-order valence-electron chi connectivity index (χ3n) is 3.52. The monoisotopic (exact) mass is 371 g/mol. The normalized spacial score (nSPS) is 11.8. The molecule has 1 aromatic heterocycles. The molecule has 0 aliphatic heterocycles. The molecule has 0 spiro atoms. The summed E-state index contributed by atoms with van der Waals surface area (Å²) in [4.78, 5) is 23.1. The van der Waals surface area contributed by atoms with E-state index >= 15 is 0 Å². The number of halogens is 3. The molecule has 1 heterocycles. The average Bonchev–Trinajstić information content (AvgIpc) is 2.82. The minimum Gasteiger partial charge on any atom is -0.451 e. The van der Waals surface area contributed by atoms with Crippen molar-refractivity contribution in [3.63, 3.8) is 0 Å². The second kappa shape index (κ2) is 9.08. The molecule has 0 aliphatic rings. The van der Waals surface area contributed by atoms with Gasteiger partial charge in [-0.2, -0.15) is 18.4 Å². The number of hydrogen-bond acceptors (Lipinski definition) is 4. The molecule has 6 nitrogen and oxygen atoms in total. The maximum Gasteiger partial charge on any atom is 0.405 e. The molecule has 0 fully saturated rings. The number of esters is 1. The molecule has 0 unspecified atom stereocenters. The molecule has 0 radical (unpaired) electrons. The fraction of sp³-hybridized carbons (Fsp3) is 0.471. The van der Waals surface area contributed by atoms with Gasteiger partial charge in [0.1, 0.15) is 18.2 Å². The van der Waals surface area contributed by atoms with Gasteiger partial charge in [0.25, 0.3) is 5.91 Å². The van der Waals surface area contributed by atoms with Crippen LogP contribution in [-0.2, 0) is 20.9 Å². The van der Waals surface area contributed by atoms with Crippen molar-refractivity contribution in [2.24, 2.45) is 0 Å². The van der Waals surface area contributed by atoms with Gasteiger partial charge in [-0.05, 0) is 38.0 Å². The van der Waals surface area contributed by atoms with Crippen molar-refractivity contribution in [1.29, 1.82) is 5.26 Å². The zero-order valence-corrected chi connectivity index (χ0v) is 14.7. The Morgan fingerprint density at radius 3 is 2.58 bits per heavy atom. The Morgan fingerprint density at radius 1 is 1.38 bits per heavy atom. The quantitative estimate of drug-likeness (QED) is 0.454. The Kier molecular flexibility index (Phi) is 7.43. The number of aromatic nitrogens is 1. The van der Waals surface area contributed by atoms with Crippen LogP contribution in [0.15, 0.2) is 11.6 Å². The lowest BCUT2D eigenvalue weighted by atomic mass is 10.1. The molecule has 0 aliphatic carbocycles. The number of hydrogen-bond donors (Lipinski definition) is 1. The smallest absolute Gasteiger partial charge is 0.405 e. The summed E-state index contributed by atoms with van der Waals surface area (Å²) in [7, 11) is 0. The van der Waals surface area contributed by atoms with Gasteiger partial charge >= 0.3 is 12.1 Å². The van der Waals surface area contributed by atoms with E-state index in [2.05, 4.69) is 4.74 Å². The first-order chi connectivity index (χ1) is 12.1. The van der Waals surface area contributed by atoms with E-state index in [1.807, 2.05) is 31.4 Å². The van der Waals surface area contributed by atoms with Crippen molar-refractivity contribution in [3.05, 3.63) is 28.6 Å². The van der Waals surface area contributed by atoms with Crippen molar-refractivity contribution in [2.75, 3.05) is 13.2 Å². The maximum atomic E-state index is 12.0. The number of amides is 1. The first kappa shape index (κ1) is 21.3. The Balaban J connectivity index is 2.78. The standard InChI is InChI=1S/C17H20F3N3O3/c1-4-5-23-11(2)6-13(12(23)3)7-14(8-21)16(25)26-9-15(24)22-10-17(18,19)20/h6-7H,4-5,9-10H2,1-3H3,(H,22,24)/b14-7+. The van der Waals surface area contributed by atoms with E-state index in [-0.39, 0.29) is 5.57 Å². The Labute approximate surface area is 149 Å². The molecule has 1 rings (SSSR count). The van der Waals surface area contributed by atoms with Gasteiger partial charge in [0, 0.05) is 17.9 Å². The minimum absolute atomic E-state index is 0.342. The number of rotatable bonds is 7. The van der Waals surface area contributed by atoms with Gasteiger partial charge in [-0.15, -0.1) is 0 Å². The molecular weight excluding hydrogens is 351 g/mol. The van der Waals surface area contributed by atoms with Crippen molar-refractivity contribution in [2.45, 2.75) is 39.9 Å². The van der Waals surface area contributed by atoms with Crippen molar-refractivity contribution < 1.29 is 27.5 Å². The molecule has 0 aromatic carbocycles. The summed E-state index contributed by atoms with van der Waals surface area (Å²) in [5, 5.41) is 10.7. The highest BCUT2D eigenvalue weighted by Crippen LogP contribution is 2.19. The lowest BCUT2D eigenvalue weighted by molar-refractivity contribution is -0.148. The number of ether oxygens (including phenoxy) is 1. The molecule has 0 saturated carbocycles. The van der Waals surface area contributed by atoms with Crippen LogP contribution >= 0.6 is 0 Å². The number of alkyl halides is 3. The van der Waals surface area contributed by atoms with Crippen LogP contribution < -0.4 is 5.32 Å². The van der Waals surface area contributed by atoms with Gasteiger partial charge in [0.2, 0.25) is 0 Å². The number of nitrogens with one attached hydrogen (secondary N) is 1. The van der Waals surface area contributed by atoms with Crippen molar-refractivity contribution >= 4 is 18.0 Å². The van der Waals surface area contributed by atoms with Crippen LogP contribution in [0.1, 0.15) is 30.3 Å². The molecule has 9 heteroatoms. The SMILES string of the molecule is CCCn1c(C)cc(/C=C(\C#N)C(=O)OCC(=O)NCC(F)(F)F)c1C. The van der Waals surface area contributed by atoms with Gasteiger partial charge in [0.05, 0.1) is 0 Å². The predicted molar refractivity (Wildman–Crippen MR) is 87.8 cm³/mol. The maximum absolute atomic E-state index is 12.0. The fourth-order valence-corrected chi connectivity index (χ4v) is 2.29. The largest absolute Gasteiger partial charge is 0.451 e. The predicted octanol–water partition coefficient (Wildman–Crippen LogP) is 2.64. The first-order valence-corrected chi connectivity index (χ1v) is 7.88. The van der Waals surface area contributed by atoms with E-state index in [1.54, 1.807) is 11.4 Å². The number of nitriles is 1. The van der Waals surface area contributed by atoms with Crippen LogP contribution in [0.2, 0.25) is 0 Å². The van der Waals surface area contributed by atoms with Crippen LogP contribution in [0.5, 0.6) is 0 Å². The highest BCUT2D eigenvalue weighted by atomic mass is 19.4. The molecule has 0 bridgehead atoms. The summed E-state index contributed by atoms with van der Waals surface area (Å²) in [6.07, 6.45) is -2.30. The Morgan fingerprint density at radius 2 is 2.04 bits per heavy atom. The third-order valence-corrected chi connectivity index (χ3v) is 3.52. The van der Waals surface area contributed by atoms with Crippen LogP contribution in [0.4, 0.5) is 13.2 Å². The van der Waals surface area contributed by atoms with E-state index in [1.165, 1.54) is 6.08 Å². The summed E-state index contributed by atoms with van der Waals surface area (Å²) in [5.41, 5.74) is 2.15. The van der Waals surface area contributed by atoms with E-state index in [0.29, 0.717) is 5.56 Å². The van der Waals surface area contributed by atoms with Gasteiger partial charge in [0.15, 0.2) is 6.61 Å². The second-order valence-corrected chi connectivity index (χ2v) is 5.62. The zero-order valence-electron chi connectivity index (χ0n) is 14.7. The number of nitrogens with zero attached hydrogens (tertiary/aromatic N) is 2. The summed E-state index contributed by atoms with van der Waals surface area (Å²) in [6.45, 7) is 4.14. The summed E-state index contributed by atoms with van der Waals surface area (Å²) >= 11 is 0. The summed E-state index contributed by atoms with van der Waals surface area (Å²) in [5.74, 6) is -2.18. The molecule has 142 valence electrons. The van der Waals surface area contributed by atoms with E-state index in [9.17, 15) is 22.8 Å². The molecule has 1 aromatic rings. The van der Waals surface area contributed by atoms with E-state index < -0.39 is 31.2 Å². The van der Waals surface area contributed by atoms with E-state index in [0.717, 1.165) is 24.4 Å². The van der Waals surface area contributed by atoms with E-state index in [4.69, 9.17) is 5.26 Å². The fourth-order valence-electron chi connectivity index (χ4n) is 2.29. The summed E-state index contributed by atoms with van der Waals surface area (Å²) in [6, 6.07) is 3.50. The molecule has 1 N–H and O–H groups in total. The lowest BCUT2D eigenvalue weighted by Gasteiger charge is -2.08. The van der Waals surface area contributed by atoms with Crippen LogP contribution in [0.25, 0.3) is 6.08 Å². The number of carbonyl (C=O) groups excluding carboxylic acids is 2. The Hall–Kier alpha value is -2.76. The first-order valence-electron chi connectivity index (χ1n) is 7.88. The summed E-state index contributed by atoms with van der Waals surface area (Å²) < 4.78 is 42.6. The van der Waals surface area contributed by atoms with Crippen LogP contribution in [-0.4, -0.2) is 35.8 Å². The highest BCUT2D eigenvalue weighted by molar-refractivity contribution is 5.99. The molecule has 26 heavy (non-hydrogen) atoms. The molecule has 1 amide bonds. The minimum atomic E-state index is -4.56. The third kappa shape index (κ3) is 6.27. The van der Waals surface area contributed by atoms with Gasteiger partial charge in [-0.3, -0.25) is 4.79 Å². The molecule has 0 saturated heterocycles. The van der Waals surface area contributed by atoms with Gasteiger partial charge in [-0.1, -0.05) is 6.92 Å². The highest BCUT2D eigenvalue weighted by Gasteiger charge is 2.28. The van der Waals surface area contributed by atoms with Crippen LogP contribution in [0.3, 0.4) is 0 Å². The zero-order chi connectivity index (χ0) is 19.9.